The molecule has 3 rings (SSSR count). The molecular weight excluding hydrogens is 430 g/mol. The van der Waals surface area contributed by atoms with E-state index in [-0.39, 0.29) is 11.8 Å². The van der Waals surface area contributed by atoms with E-state index >= 15 is 0 Å². The summed E-state index contributed by atoms with van der Waals surface area (Å²) in [6.07, 6.45) is 0. The first-order valence-corrected chi connectivity index (χ1v) is 10.9. The van der Waals surface area contributed by atoms with Crippen LogP contribution < -0.4 is 10.6 Å². The summed E-state index contributed by atoms with van der Waals surface area (Å²) in [6.45, 7) is 2.98. The van der Waals surface area contributed by atoms with Crippen LogP contribution in [0.25, 0.3) is 17.1 Å². The molecule has 0 aliphatic carbocycles. The molecule has 3 amide bonds. The van der Waals surface area contributed by atoms with Crippen molar-refractivity contribution in [1.82, 2.24) is 25.4 Å². The van der Waals surface area contributed by atoms with Crippen molar-refractivity contribution in [2.75, 3.05) is 12.4 Å². The van der Waals surface area contributed by atoms with Gasteiger partial charge in [0.1, 0.15) is 0 Å². The number of carbonyl (C=O) groups is 3. The first-order valence-electron chi connectivity index (χ1n) is 9.89. The summed E-state index contributed by atoms with van der Waals surface area (Å²) in [5.41, 5.74) is 1.73. The van der Waals surface area contributed by atoms with Crippen molar-refractivity contribution in [3.63, 3.8) is 0 Å². The largest absolute Gasteiger partial charge is 0.455 e. The zero-order valence-electron chi connectivity index (χ0n) is 17.6. The van der Waals surface area contributed by atoms with Gasteiger partial charge in [0.25, 0.3) is 5.91 Å². The lowest BCUT2D eigenvalue weighted by Gasteiger charge is -2.10. The predicted octanol–water partition coefficient (Wildman–Crippen LogP) is 2.80. The van der Waals surface area contributed by atoms with Gasteiger partial charge >= 0.3 is 12.0 Å². The first kappa shape index (κ1) is 23.0. The minimum Gasteiger partial charge on any atom is -0.455 e. The van der Waals surface area contributed by atoms with Gasteiger partial charge in [-0.1, -0.05) is 60.3 Å². The van der Waals surface area contributed by atoms with E-state index in [1.165, 1.54) is 0 Å². The Bertz CT molecular complexity index is 1070. The first-order chi connectivity index (χ1) is 15.4. The number of hydrogen-bond acceptors (Lipinski definition) is 7. The molecule has 2 aromatic carbocycles. The van der Waals surface area contributed by atoms with Gasteiger partial charge in [-0.3, -0.25) is 19.5 Å². The number of ether oxygens (including phenoxy) is 1. The number of urea groups is 1. The normalized spacial score (nSPS) is 10.6. The fraction of sp³-hybridized carbons (Fsp3) is 0.227. The third-order valence-electron chi connectivity index (χ3n) is 4.04. The molecule has 0 aliphatic heterocycles. The maximum Gasteiger partial charge on any atom is 0.321 e. The third-order valence-corrected chi connectivity index (χ3v) is 4.94. The number of amides is 3. The molecule has 1 heterocycles. The van der Waals surface area contributed by atoms with E-state index in [2.05, 4.69) is 20.8 Å². The zero-order chi connectivity index (χ0) is 22.9. The molecule has 166 valence electrons. The fourth-order valence-electron chi connectivity index (χ4n) is 2.72. The van der Waals surface area contributed by atoms with Gasteiger partial charge < -0.3 is 10.1 Å². The zero-order valence-corrected chi connectivity index (χ0v) is 18.5. The smallest absolute Gasteiger partial charge is 0.321 e. The number of thioether (sulfide) groups is 1. The Kier molecular flexibility index (Phi) is 7.98. The molecule has 0 radical (unpaired) electrons. The Morgan fingerprint density at radius 3 is 2.31 bits per heavy atom. The van der Waals surface area contributed by atoms with Crippen molar-refractivity contribution < 1.29 is 19.1 Å². The minimum absolute atomic E-state index is 0.0781. The Morgan fingerprint density at radius 1 is 1.00 bits per heavy atom. The number of nitrogens with zero attached hydrogens (tertiary/aromatic N) is 3. The number of esters is 1. The van der Waals surface area contributed by atoms with Crippen molar-refractivity contribution in [3.8, 4) is 17.1 Å². The van der Waals surface area contributed by atoms with Gasteiger partial charge in [0.15, 0.2) is 17.6 Å². The Labute approximate surface area is 189 Å². The van der Waals surface area contributed by atoms with Crippen LogP contribution in [0.5, 0.6) is 0 Å². The standard InChI is InChI=1S/C22H23N5O4S/c1-15(2)23-21(30)24-18(28)13-31-19(29)14-32-22-26-25-20(16-9-5-3-6-10-16)27(22)17-11-7-4-8-12-17/h3-12,15H,13-14H2,1-2H3,(H2,23,24,28,30). The van der Waals surface area contributed by atoms with E-state index in [0.717, 1.165) is 23.0 Å². The second kappa shape index (κ2) is 11.1. The highest BCUT2D eigenvalue weighted by Gasteiger charge is 2.18. The number of carbonyl (C=O) groups excluding carboxylic acids is 3. The molecule has 0 saturated carbocycles. The molecular formula is C22H23N5O4S. The molecule has 0 aliphatic rings. The van der Waals surface area contributed by atoms with E-state index in [1.807, 2.05) is 65.2 Å². The summed E-state index contributed by atoms with van der Waals surface area (Å²) >= 11 is 1.14. The van der Waals surface area contributed by atoms with Crippen molar-refractivity contribution in [2.24, 2.45) is 0 Å². The lowest BCUT2D eigenvalue weighted by molar-refractivity contribution is -0.145. The van der Waals surface area contributed by atoms with Crippen LogP contribution in [0.15, 0.2) is 65.8 Å². The van der Waals surface area contributed by atoms with E-state index in [0.29, 0.717) is 11.0 Å². The quantitative estimate of drug-likeness (QED) is 0.398. The maximum absolute atomic E-state index is 12.1. The molecule has 1 aromatic heterocycles. The van der Waals surface area contributed by atoms with E-state index < -0.39 is 24.5 Å². The van der Waals surface area contributed by atoms with Crippen LogP contribution in [0.4, 0.5) is 4.79 Å². The number of para-hydroxylation sites is 1. The van der Waals surface area contributed by atoms with Crippen LogP contribution in [-0.2, 0) is 14.3 Å². The van der Waals surface area contributed by atoms with E-state index in [4.69, 9.17) is 4.74 Å². The van der Waals surface area contributed by atoms with E-state index in [1.54, 1.807) is 13.8 Å². The minimum atomic E-state index is -0.708. The average molecular weight is 454 g/mol. The molecule has 0 atom stereocenters. The van der Waals surface area contributed by atoms with Crippen molar-refractivity contribution >= 4 is 29.7 Å². The van der Waals surface area contributed by atoms with Crippen LogP contribution in [0.3, 0.4) is 0 Å². The molecule has 0 fully saturated rings. The molecule has 2 N–H and O–H groups in total. The number of aromatic nitrogens is 3. The number of imide groups is 1. The lowest BCUT2D eigenvalue weighted by Crippen LogP contribution is -2.44. The lowest BCUT2D eigenvalue weighted by atomic mass is 10.2. The van der Waals surface area contributed by atoms with Crippen LogP contribution in [0, 0.1) is 0 Å². The van der Waals surface area contributed by atoms with Gasteiger partial charge in [-0.25, -0.2) is 4.79 Å². The summed E-state index contributed by atoms with van der Waals surface area (Å²) < 4.78 is 6.82. The Hall–Kier alpha value is -3.66. The number of nitrogens with one attached hydrogen (secondary N) is 2. The third kappa shape index (κ3) is 6.42. The number of benzene rings is 2. The molecule has 3 aromatic rings. The topological polar surface area (TPSA) is 115 Å². The Morgan fingerprint density at radius 2 is 1.66 bits per heavy atom. The van der Waals surface area contributed by atoms with Crippen molar-refractivity contribution in [2.45, 2.75) is 25.0 Å². The monoisotopic (exact) mass is 453 g/mol. The second-order valence-corrected chi connectivity index (χ2v) is 7.91. The van der Waals surface area contributed by atoms with Crippen LogP contribution in [0.1, 0.15) is 13.8 Å². The maximum atomic E-state index is 12.1. The summed E-state index contributed by atoms with van der Waals surface area (Å²) in [5.74, 6) is -0.757. The summed E-state index contributed by atoms with van der Waals surface area (Å²) in [6, 6.07) is 18.4. The number of hydrogen-bond donors (Lipinski definition) is 2. The molecule has 32 heavy (non-hydrogen) atoms. The molecule has 10 heteroatoms. The van der Waals surface area contributed by atoms with Crippen LogP contribution >= 0.6 is 11.8 Å². The van der Waals surface area contributed by atoms with E-state index in [9.17, 15) is 14.4 Å². The van der Waals surface area contributed by atoms with Gasteiger partial charge in [-0.05, 0) is 26.0 Å². The second-order valence-electron chi connectivity index (χ2n) is 6.97. The average Bonchev–Trinajstić information content (AvgIpc) is 3.21. The number of rotatable bonds is 8. The van der Waals surface area contributed by atoms with Gasteiger partial charge in [-0.15, -0.1) is 10.2 Å². The molecule has 0 bridgehead atoms. The van der Waals surface area contributed by atoms with Gasteiger partial charge in [0.05, 0.1) is 5.75 Å². The van der Waals surface area contributed by atoms with Gasteiger partial charge in [-0.2, -0.15) is 0 Å². The van der Waals surface area contributed by atoms with Gasteiger partial charge in [0.2, 0.25) is 0 Å². The predicted molar refractivity (Wildman–Crippen MR) is 120 cm³/mol. The molecule has 0 unspecified atom stereocenters. The SMILES string of the molecule is CC(C)NC(=O)NC(=O)COC(=O)CSc1nnc(-c2ccccc2)n1-c1ccccc1. The van der Waals surface area contributed by atoms with Crippen LogP contribution in [-0.4, -0.2) is 51.1 Å². The van der Waals surface area contributed by atoms with Gasteiger partial charge in [0, 0.05) is 17.3 Å². The molecule has 0 saturated heterocycles. The summed E-state index contributed by atoms with van der Waals surface area (Å²) in [7, 11) is 0. The van der Waals surface area contributed by atoms with Crippen molar-refractivity contribution in [1.29, 1.82) is 0 Å². The summed E-state index contributed by atoms with van der Waals surface area (Å²) in [5, 5.41) is 13.7. The highest BCUT2D eigenvalue weighted by molar-refractivity contribution is 7.99. The Balaban J connectivity index is 1.64. The highest BCUT2D eigenvalue weighted by Crippen LogP contribution is 2.27. The molecule has 9 nitrogen and oxygen atoms in total. The summed E-state index contributed by atoms with van der Waals surface area (Å²) in [4.78, 5) is 35.4. The molecule has 0 spiro atoms. The highest BCUT2D eigenvalue weighted by atomic mass is 32.2. The fourth-order valence-corrected chi connectivity index (χ4v) is 3.47. The van der Waals surface area contributed by atoms with Crippen molar-refractivity contribution in [3.05, 3.63) is 60.7 Å². The van der Waals surface area contributed by atoms with Crippen LogP contribution in [0.2, 0.25) is 0 Å².